The van der Waals surface area contributed by atoms with E-state index < -0.39 is 0 Å². The molecule has 2 aromatic rings. The topological polar surface area (TPSA) is 61.4 Å². The number of anilines is 1. The predicted octanol–water partition coefficient (Wildman–Crippen LogP) is 3.43. The van der Waals surface area contributed by atoms with Crippen LogP contribution in [0.2, 0.25) is 0 Å². The standard InChI is InChI=1S/C22H27N3O2/c26-21(25-14-6-1-2-7-15-25)17-23-20-12-10-19(11-13-20)22(27)24-16-18-8-4-3-5-9-18/h3-5,8-13,23H,1-2,6-7,14-17H2,(H,24,27). The Morgan fingerprint density at radius 1 is 0.852 bits per heavy atom. The zero-order chi connectivity index (χ0) is 18.9. The summed E-state index contributed by atoms with van der Waals surface area (Å²) in [7, 11) is 0. The van der Waals surface area contributed by atoms with Crippen LogP contribution < -0.4 is 10.6 Å². The molecule has 0 spiro atoms. The highest BCUT2D eigenvalue weighted by Gasteiger charge is 2.15. The number of nitrogens with zero attached hydrogens (tertiary/aromatic N) is 1. The van der Waals surface area contributed by atoms with Gasteiger partial charge in [-0.2, -0.15) is 0 Å². The van der Waals surface area contributed by atoms with Gasteiger partial charge in [0.25, 0.3) is 5.91 Å². The average Bonchev–Trinajstić information content (AvgIpc) is 3.01. The lowest BCUT2D eigenvalue weighted by Gasteiger charge is -2.20. The van der Waals surface area contributed by atoms with E-state index in [2.05, 4.69) is 10.6 Å². The fourth-order valence-electron chi connectivity index (χ4n) is 3.23. The zero-order valence-corrected chi connectivity index (χ0v) is 15.6. The molecule has 27 heavy (non-hydrogen) atoms. The SMILES string of the molecule is O=C(NCc1ccccc1)c1ccc(NCC(=O)N2CCCCCC2)cc1. The van der Waals surface area contributed by atoms with Crippen LogP contribution in [0.3, 0.4) is 0 Å². The number of hydrogen-bond donors (Lipinski definition) is 2. The third kappa shape index (κ3) is 5.84. The molecule has 1 saturated heterocycles. The highest BCUT2D eigenvalue weighted by molar-refractivity contribution is 5.94. The van der Waals surface area contributed by atoms with Crippen LogP contribution in [0.15, 0.2) is 54.6 Å². The molecular formula is C22H27N3O2. The smallest absolute Gasteiger partial charge is 0.251 e. The quantitative estimate of drug-likeness (QED) is 0.824. The van der Waals surface area contributed by atoms with Crippen molar-refractivity contribution in [1.29, 1.82) is 0 Å². The molecule has 0 atom stereocenters. The number of rotatable bonds is 6. The normalized spacial score (nSPS) is 14.3. The van der Waals surface area contributed by atoms with Gasteiger partial charge in [-0.05, 0) is 42.7 Å². The van der Waals surface area contributed by atoms with Gasteiger partial charge in [0.05, 0.1) is 6.54 Å². The molecule has 1 fully saturated rings. The van der Waals surface area contributed by atoms with Crippen LogP contribution in [-0.2, 0) is 11.3 Å². The predicted molar refractivity (Wildman–Crippen MR) is 108 cm³/mol. The van der Waals surface area contributed by atoms with Gasteiger partial charge in [-0.15, -0.1) is 0 Å². The van der Waals surface area contributed by atoms with Crippen molar-refractivity contribution < 1.29 is 9.59 Å². The minimum Gasteiger partial charge on any atom is -0.376 e. The van der Waals surface area contributed by atoms with E-state index in [0.717, 1.165) is 37.2 Å². The van der Waals surface area contributed by atoms with Crippen molar-refractivity contribution in [3.8, 4) is 0 Å². The van der Waals surface area contributed by atoms with E-state index in [1.54, 1.807) is 12.1 Å². The molecule has 2 amide bonds. The summed E-state index contributed by atoms with van der Waals surface area (Å²) < 4.78 is 0. The van der Waals surface area contributed by atoms with Gasteiger partial charge in [-0.1, -0.05) is 43.2 Å². The Morgan fingerprint density at radius 3 is 2.19 bits per heavy atom. The van der Waals surface area contributed by atoms with E-state index in [1.807, 2.05) is 47.4 Å². The molecule has 0 unspecified atom stereocenters. The number of nitrogens with one attached hydrogen (secondary N) is 2. The lowest BCUT2D eigenvalue weighted by atomic mass is 10.1. The molecular weight excluding hydrogens is 338 g/mol. The molecule has 3 rings (SSSR count). The number of carbonyl (C=O) groups is 2. The second kappa shape index (κ2) is 9.76. The van der Waals surface area contributed by atoms with Gasteiger partial charge in [0.1, 0.15) is 0 Å². The maximum Gasteiger partial charge on any atom is 0.251 e. The van der Waals surface area contributed by atoms with E-state index in [0.29, 0.717) is 18.7 Å². The molecule has 2 N–H and O–H groups in total. The molecule has 5 nitrogen and oxygen atoms in total. The molecule has 1 aliphatic rings. The highest BCUT2D eigenvalue weighted by atomic mass is 16.2. The Morgan fingerprint density at radius 2 is 1.52 bits per heavy atom. The van der Waals surface area contributed by atoms with Gasteiger partial charge in [-0.3, -0.25) is 9.59 Å². The zero-order valence-electron chi connectivity index (χ0n) is 15.6. The lowest BCUT2D eigenvalue weighted by molar-refractivity contribution is -0.129. The highest BCUT2D eigenvalue weighted by Crippen LogP contribution is 2.12. The van der Waals surface area contributed by atoms with Crippen molar-refractivity contribution in [3.05, 3.63) is 65.7 Å². The molecule has 0 bridgehead atoms. The summed E-state index contributed by atoms with van der Waals surface area (Å²) in [6.45, 7) is 2.52. The number of hydrogen-bond acceptors (Lipinski definition) is 3. The van der Waals surface area contributed by atoms with Crippen LogP contribution in [0.1, 0.15) is 41.6 Å². The van der Waals surface area contributed by atoms with Gasteiger partial charge in [0, 0.05) is 30.9 Å². The Labute approximate surface area is 160 Å². The van der Waals surface area contributed by atoms with Gasteiger partial charge in [0.15, 0.2) is 0 Å². The minimum absolute atomic E-state index is 0.106. The van der Waals surface area contributed by atoms with E-state index in [4.69, 9.17) is 0 Å². The summed E-state index contributed by atoms with van der Waals surface area (Å²) >= 11 is 0. The first kappa shape index (κ1) is 19.0. The molecule has 0 aliphatic carbocycles. The molecule has 2 aromatic carbocycles. The number of amides is 2. The third-order valence-corrected chi connectivity index (χ3v) is 4.85. The summed E-state index contributed by atoms with van der Waals surface area (Å²) in [5, 5.41) is 6.08. The van der Waals surface area contributed by atoms with Crippen molar-refractivity contribution in [3.63, 3.8) is 0 Å². The van der Waals surface area contributed by atoms with E-state index in [1.165, 1.54) is 12.8 Å². The van der Waals surface area contributed by atoms with Crippen LogP contribution in [0, 0.1) is 0 Å². The van der Waals surface area contributed by atoms with Gasteiger partial charge < -0.3 is 15.5 Å². The van der Waals surface area contributed by atoms with Crippen LogP contribution in [0.25, 0.3) is 0 Å². The lowest BCUT2D eigenvalue weighted by Crippen LogP contribution is -2.36. The summed E-state index contributed by atoms with van der Waals surface area (Å²) in [5.41, 5.74) is 2.52. The van der Waals surface area contributed by atoms with Crippen molar-refractivity contribution in [2.24, 2.45) is 0 Å². The summed E-state index contributed by atoms with van der Waals surface area (Å²) in [4.78, 5) is 26.5. The number of likely N-dealkylation sites (tertiary alicyclic amines) is 1. The summed E-state index contributed by atoms with van der Waals surface area (Å²) in [6, 6.07) is 17.1. The van der Waals surface area contributed by atoms with Gasteiger partial charge in [0.2, 0.25) is 5.91 Å². The first-order valence-corrected chi connectivity index (χ1v) is 9.66. The van der Waals surface area contributed by atoms with Crippen LogP contribution >= 0.6 is 0 Å². The fourth-order valence-corrected chi connectivity index (χ4v) is 3.23. The minimum atomic E-state index is -0.106. The Hall–Kier alpha value is -2.82. The van der Waals surface area contributed by atoms with Gasteiger partial charge in [-0.25, -0.2) is 0 Å². The first-order chi connectivity index (χ1) is 13.2. The van der Waals surface area contributed by atoms with Crippen LogP contribution in [-0.4, -0.2) is 36.3 Å². The molecule has 142 valence electrons. The second-order valence-electron chi connectivity index (χ2n) is 6.89. The third-order valence-electron chi connectivity index (χ3n) is 4.85. The van der Waals surface area contributed by atoms with E-state index in [9.17, 15) is 9.59 Å². The largest absolute Gasteiger partial charge is 0.376 e. The molecule has 1 aliphatic heterocycles. The molecule has 0 saturated carbocycles. The van der Waals surface area contributed by atoms with Crippen LogP contribution in [0.5, 0.6) is 0 Å². The Kier molecular flexibility index (Phi) is 6.85. The first-order valence-electron chi connectivity index (χ1n) is 9.66. The monoisotopic (exact) mass is 365 g/mol. The fraction of sp³-hybridized carbons (Fsp3) is 0.364. The molecule has 5 heteroatoms. The Balaban J connectivity index is 1.46. The maximum absolute atomic E-state index is 12.3. The van der Waals surface area contributed by atoms with E-state index >= 15 is 0 Å². The summed E-state index contributed by atoms with van der Waals surface area (Å²) in [5.74, 6) is 0.0348. The molecule has 1 heterocycles. The van der Waals surface area contributed by atoms with E-state index in [-0.39, 0.29) is 11.8 Å². The van der Waals surface area contributed by atoms with Crippen molar-refractivity contribution >= 4 is 17.5 Å². The van der Waals surface area contributed by atoms with Crippen molar-refractivity contribution in [2.75, 3.05) is 25.0 Å². The van der Waals surface area contributed by atoms with Crippen molar-refractivity contribution in [2.45, 2.75) is 32.2 Å². The maximum atomic E-state index is 12.3. The Bertz CT molecular complexity index is 736. The molecule has 0 aromatic heterocycles. The van der Waals surface area contributed by atoms with Crippen molar-refractivity contribution in [1.82, 2.24) is 10.2 Å². The average molecular weight is 365 g/mol. The van der Waals surface area contributed by atoms with Crippen LogP contribution in [0.4, 0.5) is 5.69 Å². The number of carbonyl (C=O) groups excluding carboxylic acids is 2. The second-order valence-corrected chi connectivity index (χ2v) is 6.89. The summed E-state index contributed by atoms with van der Waals surface area (Å²) in [6.07, 6.45) is 4.62. The number of benzene rings is 2. The van der Waals surface area contributed by atoms with Gasteiger partial charge >= 0.3 is 0 Å². The molecule has 0 radical (unpaired) electrons.